The minimum atomic E-state index is -4.66. The molecule has 2 aromatic carbocycles. The first-order valence-electron chi connectivity index (χ1n) is 10.7. The van der Waals surface area contributed by atoms with Crippen molar-refractivity contribution in [2.75, 3.05) is 6.61 Å². The van der Waals surface area contributed by atoms with Gasteiger partial charge in [0.1, 0.15) is 5.75 Å². The Morgan fingerprint density at radius 1 is 1.17 bits per heavy atom. The SMILES string of the molecule is Cc1cc2c(CCC3=C(C(C)C)c4ccc(C(F)(F)F)cc4S3(=O)=O)noc2cc1OCC(=O)O. The summed E-state index contributed by atoms with van der Waals surface area (Å²) >= 11 is 0. The van der Waals surface area contributed by atoms with Crippen molar-refractivity contribution in [1.82, 2.24) is 5.16 Å². The number of carbonyl (C=O) groups is 1. The van der Waals surface area contributed by atoms with E-state index in [2.05, 4.69) is 5.16 Å². The number of hydrogen-bond donors (Lipinski definition) is 1. The summed E-state index contributed by atoms with van der Waals surface area (Å²) in [5, 5.41) is 13.5. The normalized spacial score (nSPS) is 15.2. The molecule has 3 aromatic rings. The van der Waals surface area contributed by atoms with Crippen LogP contribution in [-0.4, -0.2) is 31.3 Å². The summed E-state index contributed by atoms with van der Waals surface area (Å²) in [6.45, 7) is 4.80. The molecule has 0 unspecified atom stereocenters. The predicted molar refractivity (Wildman–Crippen MR) is 121 cm³/mol. The van der Waals surface area contributed by atoms with Crippen LogP contribution in [0.1, 0.15) is 42.7 Å². The maximum Gasteiger partial charge on any atom is 0.416 e. The monoisotopic (exact) mass is 509 g/mol. The van der Waals surface area contributed by atoms with Crippen molar-refractivity contribution in [2.45, 2.75) is 44.7 Å². The van der Waals surface area contributed by atoms with Crippen LogP contribution in [0.2, 0.25) is 0 Å². The average Bonchev–Trinajstić information content (AvgIpc) is 3.24. The molecule has 0 radical (unpaired) electrons. The summed E-state index contributed by atoms with van der Waals surface area (Å²) in [5.74, 6) is -1.04. The third-order valence-corrected chi connectivity index (χ3v) is 7.86. The van der Waals surface area contributed by atoms with Crippen molar-refractivity contribution >= 4 is 32.3 Å². The van der Waals surface area contributed by atoms with Crippen LogP contribution in [-0.2, 0) is 27.2 Å². The molecule has 1 N–H and O–H groups in total. The molecule has 0 amide bonds. The van der Waals surface area contributed by atoms with Crippen LogP contribution in [0, 0.1) is 12.8 Å². The number of carboxylic acids is 1. The van der Waals surface area contributed by atoms with E-state index in [1.807, 2.05) is 0 Å². The Kier molecular flexibility index (Phi) is 6.16. The van der Waals surface area contributed by atoms with E-state index in [0.717, 1.165) is 6.07 Å². The molecule has 0 fully saturated rings. The van der Waals surface area contributed by atoms with Gasteiger partial charge in [0.15, 0.2) is 12.2 Å². The Bertz CT molecular complexity index is 1470. The second kappa shape index (κ2) is 8.71. The fourth-order valence-corrected chi connectivity index (χ4v) is 6.33. The first kappa shape index (κ1) is 24.8. The molecule has 4 rings (SSSR count). The van der Waals surface area contributed by atoms with Gasteiger partial charge in [0.25, 0.3) is 0 Å². The molecule has 0 saturated carbocycles. The predicted octanol–water partition coefficient (Wildman–Crippen LogP) is 5.41. The molecule has 0 bridgehead atoms. The van der Waals surface area contributed by atoms with Gasteiger partial charge in [0.2, 0.25) is 9.84 Å². The molecule has 186 valence electrons. The fourth-order valence-electron chi connectivity index (χ4n) is 4.30. The Hall–Kier alpha value is -3.34. The van der Waals surface area contributed by atoms with Gasteiger partial charge in [-0.25, -0.2) is 13.2 Å². The van der Waals surface area contributed by atoms with Crippen molar-refractivity contribution in [2.24, 2.45) is 5.92 Å². The first-order valence-corrected chi connectivity index (χ1v) is 12.2. The van der Waals surface area contributed by atoms with E-state index in [1.165, 1.54) is 12.1 Å². The van der Waals surface area contributed by atoms with Gasteiger partial charge in [-0.05, 0) is 60.6 Å². The van der Waals surface area contributed by atoms with Crippen molar-refractivity contribution in [3.05, 3.63) is 57.6 Å². The van der Waals surface area contributed by atoms with Crippen LogP contribution in [0.3, 0.4) is 0 Å². The number of benzene rings is 2. The number of rotatable bonds is 7. The zero-order valence-corrected chi connectivity index (χ0v) is 19.9. The highest BCUT2D eigenvalue weighted by molar-refractivity contribution is 7.96. The summed E-state index contributed by atoms with van der Waals surface area (Å²) < 4.78 is 76.8. The zero-order valence-electron chi connectivity index (χ0n) is 19.1. The number of aryl methyl sites for hydroxylation is 2. The second-order valence-electron chi connectivity index (χ2n) is 8.63. The number of aromatic nitrogens is 1. The summed E-state index contributed by atoms with van der Waals surface area (Å²) in [5.41, 5.74) is 1.25. The highest BCUT2D eigenvalue weighted by atomic mass is 32.2. The molecular formula is C24H22F3NO6S. The highest BCUT2D eigenvalue weighted by Crippen LogP contribution is 2.46. The lowest BCUT2D eigenvalue weighted by Crippen LogP contribution is -2.10. The highest BCUT2D eigenvalue weighted by Gasteiger charge is 2.39. The first-order chi connectivity index (χ1) is 16.3. The third kappa shape index (κ3) is 4.52. The van der Waals surface area contributed by atoms with Crippen molar-refractivity contribution in [3.63, 3.8) is 0 Å². The third-order valence-electron chi connectivity index (χ3n) is 5.87. The largest absolute Gasteiger partial charge is 0.481 e. The molecule has 7 nitrogen and oxygen atoms in total. The van der Waals surface area contributed by atoms with Crippen LogP contribution >= 0.6 is 0 Å². The molecule has 0 spiro atoms. The molecule has 35 heavy (non-hydrogen) atoms. The number of allylic oxidation sites excluding steroid dienone is 2. The van der Waals surface area contributed by atoms with Crippen LogP contribution in [0.5, 0.6) is 5.75 Å². The van der Waals surface area contributed by atoms with Crippen molar-refractivity contribution in [3.8, 4) is 5.75 Å². The van der Waals surface area contributed by atoms with E-state index in [1.54, 1.807) is 26.8 Å². The van der Waals surface area contributed by atoms with E-state index in [-0.39, 0.29) is 28.6 Å². The van der Waals surface area contributed by atoms with Gasteiger partial charge >= 0.3 is 12.1 Å². The van der Waals surface area contributed by atoms with Gasteiger partial charge in [0.05, 0.1) is 21.1 Å². The molecule has 11 heteroatoms. The number of sulfone groups is 1. The van der Waals surface area contributed by atoms with E-state index in [4.69, 9.17) is 14.4 Å². The Labute approximate surface area is 199 Å². The molecule has 0 aliphatic carbocycles. The van der Waals surface area contributed by atoms with E-state index < -0.39 is 34.2 Å². The smallest absolute Gasteiger partial charge is 0.416 e. The minimum absolute atomic E-state index is 0.0316. The molecular weight excluding hydrogens is 487 g/mol. The summed E-state index contributed by atoms with van der Waals surface area (Å²) in [6.07, 6.45) is -4.45. The van der Waals surface area contributed by atoms with Gasteiger partial charge in [-0.2, -0.15) is 13.2 Å². The fraction of sp³-hybridized carbons (Fsp3) is 0.333. The average molecular weight is 510 g/mol. The maximum atomic E-state index is 13.3. The number of alkyl halides is 3. The maximum absolute atomic E-state index is 13.3. The molecule has 1 aliphatic rings. The van der Waals surface area contributed by atoms with Crippen LogP contribution < -0.4 is 4.74 Å². The molecule has 0 atom stereocenters. The van der Waals surface area contributed by atoms with Gasteiger partial charge < -0.3 is 14.4 Å². The Morgan fingerprint density at radius 2 is 1.89 bits per heavy atom. The molecule has 0 saturated heterocycles. The van der Waals surface area contributed by atoms with E-state index in [9.17, 15) is 26.4 Å². The number of ether oxygens (including phenoxy) is 1. The van der Waals surface area contributed by atoms with Gasteiger partial charge in [-0.1, -0.05) is 25.1 Å². The minimum Gasteiger partial charge on any atom is -0.481 e. The van der Waals surface area contributed by atoms with E-state index >= 15 is 0 Å². The van der Waals surface area contributed by atoms with Crippen LogP contribution in [0.15, 0.2) is 44.7 Å². The number of aliphatic carboxylic acids is 1. The molecule has 1 aromatic heterocycles. The van der Waals surface area contributed by atoms with Crippen molar-refractivity contribution < 1.29 is 40.8 Å². The lowest BCUT2D eigenvalue weighted by Gasteiger charge is -2.11. The Morgan fingerprint density at radius 3 is 2.51 bits per heavy atom. The molecule has 2 heterocycles. The summed E-state index contributed by atoms with van der Waals surface area (Å²) in [4.78, 5) is 10.5. The standard InChI is InChI=1S/C24H22F3NO6S/c1-12(2)23-15-5-4-14(24(25,26)27)9-21(15)35(31,32)20(23)7-6-17-16-8-13(3)18(33-11-22(29)30)10-19(16)34-28-17/h4-5,8-10,12H,6-7,11H2,1-3H3,(H,29,30). The summed E-state index contributed by atoms with van der Waals surface area (Å²) in [6, 6.07) is 6.06. The van der Waals surface area contributed by atoms with Gasteiger partial charge in [-0.15, -0.1) is 0 Å². The number of carboxylic acid groups (broad SMARTS) is 1. The van der Waals surface area contributed by atoms with Crippen LogP contribution in [0.4, 0.5) is 13.2 Å². The number of halogens is 3. The van der Waals surface area contributed by atoms with Crippen LogP contribution in [0.25, 0.3) is 16.5 Å². The van der Waals surface area contributed by atoms with E-state index in [0.29, 0.717) is 45.2 Å². The quantitative estimate of drug-likeness (QED) is 0.454. The topological polar surface area (TPSA) is 107 Å². The number of hydrogen-bond acceptors (Lipinski definition) is 6. The lowest BCUT2D eigenvalue weighted by atomic mass is 9.93. The molecule has 1 aliphatic heterocycles. The number of fused-ring (bicyclic) bond motifs is 2. The lowest BCUT2D eigenvalue weighted by molar-refractivity contribution is -0.139. The van der Waals surface area contributed by atoms with Gasteiger partial charge in [-0.3, -0.25) is 0 Å². The van der Waals surface area contributed by atoms with Crippen molar-refractivity contribution in [1.29, 1.82) is 0 Å². The number of nitrogens with zero attached hydrogens (tertiary/aromatic N) is 1. The second-order valence-corrected chi connectivity index (χ2v) is 10.6. The summed E-state index contributed by atoms with van der Waals surface area (Å²) in [7, 11) is -4.11. The zero-order chi connectivity index (χ0) is 25.7. The Balaban J connectivity index is 1.67. The van der Waals surface area contributed by atoms with Gasteiger partial charge in [0, 0.05) is 11.5 Å².